The quantitative estimate of drug-likeness (QED) is 0.279. The van der Waals surface area contributed by atoms with Crippen LogP contribution in [-0.2, 0) is 11.2 Å². The average molecular weight is 517 g/mol. The van der Waals surface area contributed by atoms with Crippen molar-refractivity contribution in [3.8, 4) is 5.75 Å². The fourth-order valence-corrected chi connectivity index (χ4v) is 4.95. The standard InChI is InChI=1S/C28H28F4N2O3/c1-37-20-6-7-25-22(16-20)21(24(31)17-33-25)5-2-8-28(27(35)36)9-12-34(13-10-28)11-3-4-18-14-19(29)15-23(30)26(18)32/h3-4,6-7,14-17H,2,5,8-13H2,1H3,(H,35,36)/b4-3+. The summed E-state index contributed by atoms with van der Waals surface area (Å²) in [6, 6.07) is 6.67. The monoisotopic (exact) mass is 516 g/mol. The number of carbonyl (C=O) groups is 1. The van der Waals surface area contributed by atoms with E-state index in [1.807, 2.05) is 4.90 Å². The van der Waals surface area contributed by atoms with Crippen LogP contribution in [0.2, 0.25) is 0 Å². The summed E-state index contributed by atoms with van der Waals surface area (Å²) in [7, 11) is 1.53. The molecule has 5 nitrogen and oxygen atoms in total. The minimum Gasteiger partial charge on any atom is -0.497 e. The van der Waals surface area contributed by atoms with Crippen LogP contribution >= 0.6 is 0 Å². The predicted molar refractivity (Wildman–Crippen MR) is 132 cm³/mol. The Balaban J connectivity index is 1.37. The summed E-state index contributed by atoms with van der Waals surface area (Å²) < 4.78 is 60.5. The first kappa shape index (κ1) is 26.6. The van der Waals surface area contributed by atoms with Crippen molar-refractivity contribution in [3.05, 3.63) is 77.0 Å². The Morgan fingerprint density at radius 3 is 2.59 bits per heavy atom. The van der Waals surface area contributed by atoms with Crippen molar-refractivity contribution in [2.24, 2.45) is 5.41 Å². The number of nitrogens with zero attached hydrogens (tertiary/aromatic N) is 2. The summed E-state index contributed by atoms with van der Waals surface area (Å²) in [6.45, 7) is 1.39. The Hall–Kier alpha value is -3.46. The van der Waals surface area contributed by atoms with E-state index >= 15 is 0 Å². The molecule has 37 heavy (non-hydrogen) atoms. The van der Waals surface area contributed by atoms with Crippen molar-refractivity contribution in [1.29, 1.82) is 0 Å². The van der Waals surface area contributed by atoms with Crippen molar-refractivity contribution in [3.63, 3.8) is 0 Å². The van der Waals surface area contributed by atoms with E-state index in [1.54, 1.807) is 24.3 Å². The highest BCUT2D eigenvalue weighted by molar-refractivity contribution is 5.83. The van der Waals surface area contributed by atoms with Gasteiger partial charge in [0.1, 0.15) is 17.4 Å². The van der Waals surface area contributed by atoms with Crippen molar-refractivity contribution in [2.75, 3.05) is 26.7 Å². The van der Waals surface area contributed by atoms with Crippen molar-refractivity contribution >= 4 is 22.9 Å². The SMILES string of the molecule is COc1ccc2ncc(F)c(CCCC3(C(=O)O)CCN(C/C=C/c4cc(F)cc(F)c4F)CC3)c2c1. The summed E-state index contributed by atoms with van der Waals surface area (Å²) in [5.74, 6) is -3.93. The second-order valence-electron chi connectivity index (χ2n) is 9.40. The van der Waals surface area contributed by atoms with Crippen LogP contribution in [0.15, 0.2) is 42.6 Å². The number of halogens is 4. The van der Waals surface area contributed by atoms with E-state index in [4.69, 9.17) is 4.74 Å². The van der Waals surface area contributed by atoms with Gasteiger partial charge in [-0.1, -0.05) is 12.2 Å². The zero-order valence-electron chi connectivity index (χ0n) is 20.4. The number of fused-ring (bicyclic) bond motifs is 1. The van der Waals surface area contributed by atoms with Crippen LogP contribution in [0.4, 0.5) is 17.6 Å². The zero-order valence-corrected chi connectivity index (χ0v) is 20.4. The maximum absolute atomic E-state index is 14.6. The van der Waals surface area contributed by atoms with Crippen LogP contribution in [0.5, 0.6) is 5.75 Å². The Bertz CT molecular complexity index is 1320. The van der Waals surface area contributed by atoms with E-state index in [0.717, 1.165) is 6.07 Å². The highest BCUT2D eigenvalue weighted by Gasteiger charge is 2.40. The number of carboxylic acids is 1. The third kappa shape index (κ3) is 5.93. The molecule has 0 aliphatic carbocycles. The van der Waals surface area contributed by atoms with Crippen molar-refractivity contribution in [2.45, 2.75) is 32.1 Å². The molecule has 9 heteroatoms. The number of ether oxygens (including phenoxy) is 1. The van der Waals surface area contributed by atoms with Gasteiger partial charge in [0.05, 0.1) is 24.2 Å². The second-order valence-corrected chi connectivity index (χ2v) is 9.40. The number of likely N-dealkylation sites (tertiary alicyclic amines) is 1. The summed E-state index contributed by atoms with van der Waals surface area (Å²) in [5, 5.41) is 10.7. The molecular weight excluding hydrogens is 488 g/mol. The lowest BCUT2D eigenvalue weighted by Crippen LogP contribution is -2.44. The van der Waals surface area contributed by atoms with E-state index in [1.165, 1.54) is 19.4 Å². The minimum absolute atomic E-state index is 0.178. The number of aromatic nitrogens is 1. The number of pyridine rings is 1. The van der Waals surface area contributed by atoms with Gasteiger partial charge < -0.3 is 9.84 Å². The van der Waals surface area contributed by atoms with Gasteiger partial charge in [-0.25, -0.2) is 17.6 Å². The predicted octanol–water partition coefficient (Wildman–Crippen LogP) is 6.00. The topological polar surface area (TPSA) is 62.7 Å². The summed E-state index contributed by atoms with van der Waals surface area (Å²) in [5.41, 5.74) is 0.0398. The second kappa shape index (κ2) is 11.3. The first-order valence-corrected chi connectivity index (χ1v) is 12.1. The van der Waals surface area contributed by atoms with Crippen LogP contribution < -0.4 is 4.74 Å². The van der Waals surface area contributed by atoms with Crippen LogP contribution in [0.1, 0.15) is 36.8 Å². The Morgan fingerprint density at radius 2 is 1.89 bits per heavy atom. The lowest BCUT2D eigenvalue weighted by atomic mass is 9.74. The summed E-state index contributed by atoms with van der Waals surface area (Å²) in [6.07, 6.45) is 6.19. The van der Waals surface area contributed by atoms with Gasteiger partial charge in [-0.3, -0.25) is 14.7 Å². The number of carboxylic acid groups (broad SMARTS) is 1. The van der Waals surface area contributed by atoms with Crippen LogP contribution in [0.25, 0.3) is 17.0 Å². The number of methoxy groups -OCH3 is 1. The fourth-order valence-electron chi connectivity index (χ4n) is 4.95. The van der Waals surface area contributed by atoms with E-state index in [9.17, 15) is 27.5 Å². The molecule has 1 aliphatic heterocycles. The lowest BCUT2D eigenvalue weighted by Gasteiger charge is -2.38. The van der Waals surface area contributed by atoms with Gasteiger partial charge in [0.25, 0.3) is 0 Å². The molecule has 0 amide bonds. The first-order valence-electron chi connectivity index (χ1n) is 12.1. The minimum atomic E-state index is -1.25. The summed E-state index contributed by atoms with van der Waals surface area (Å²) in [4.78, 5) is 18.4. The highest BCUT2D eigenvalue weighted by Crippen LogP contribution is 2.37. The first-order chi connectivity index (χ1) is 17.7. The summed E-state index contributed by atoms with van der Waals surface area (Å²) >= 11 is 0. The third-order valence-electron chi connectivity index (χ3n) is 7.17. The third-order valence-corrected chi connectivity index (χ3v) is 7.17. The molecule has 196 valence electrons. The maximum atomic E-state index is 14.6. The van der Waals surface area contributed by atoms with Gasteiger partial charge >= 0.3 is 5.97 Å². The Kier molecular flexibility index (Phi) is 8.12. The van der Waals surface area contributed by atoms with Gasteiger partial charge in [0.15, 0.2) is 11.6 Å². The molecule has 0 atom stereocenters. The molecule has 1 aliphatic rings. The van der Waals surface area contributed by atoms with Gasteiger partial charge in [-0.15, -0.1) is 0 Å². The molecule has 1 fully saturated rings. The number of rotatable bonds is 9. The van der Waals surface area contributed by atoms with E-state index in [0.29, 0.717) is 80.0 Å². The Labute approximate surface area is 212 Å². The number of aliphatic carboxylic acids is 1. The molecule has 1 N–H and O–H groups in total. The fraction of sp³-hybridized carbons (Fsp3) is 0.357. The highest BCUT2D eigenvalue weighted by atomic mass is 19.2. The maximum Gasteiger partial charge on any atom is 0.309 e. The van der Waals surface area contributed by atoms with Gasteiger partial charge in [0, 0.05) is 23.6 Å². The van der Waals surface area contributed by atoms with Crippen LogP contribution in [-0.4, -0.2) is 47.7 Å². The molecule has 0 spiro atoms. The van der Waals surface area contributed by atoms with Gasteiger partial charge in [0.2, 0.25) is 0 Å². The van der Waals surface area contributed by atoms with E-state index in [2.05, 4.69) is 4.98 Å². The number of hydrogen-bond acceptors (Lipinski definition) is 4. The van der Waals surface area contributed by atoms with Gasteiger partial charge in [-0.2, -0.15) is 0 Å². The number of piperidine rings is 1. The van der Waals surface area contributed by atoms with Crippen LogP contribution in [0, 0.1) is 28.7 Å². The van der Waals surface area contributed by atoms with E-state index < -0.39 is 34.7 Å². The molecule has 3 aromatic rings. The molecule has 2 heterocycles. The molecule has 0 bridgehead atoms. The van der Waals surface area contributed by atoms with Crippen molar-refractivity contribution in [1.82, 2.24) is 9.88 Å². The molecule has 1 saturated heterocycles. The average Bonchev–Trinajstić information content (AvgIpc) is 2.88. The number of benzene rings is 2. The molecule has 0 saturated carbocycles. The largest absolute Gasteiger partial charge is 0.497 e. The Morgan fingerprint density at radius 1 is 1.14 bits per heavy atom. The van der Waals surface area contributed by atoms with Crippen molar-refractivity contribution < 1.29 is 32.2 Å². The van der Waals surface area contributed by atoms with Gasteiger partial charge in [-0.05, 0) is 75.0 Å². The molecular formula is C28H28F4N2O3. The molecule has 4 rings (SSSR count). The molecule has 0 radical (unpaired) electrons. The molecule has 2 aromatic carbocycles. The normalized spacial score (nSPS) is 15.9. The molecule has 1 aromatic heterocycles. The smallest absolute Gasteiger partial charge is 0.309 e. The zero-order chi connectivity index (χ0) is 26.6. The number of aryl methyl sites for hydroxylation is 1. The van der Waals surface area contributed by atoms with Crippen LogP contribution in [0.3, 0.4) is 0 Å². The molecule has 0 unspecified atom stereocenters. The lowest BCUT2D eigenvalue weighted by molar-refractivity contribution is -0.152. The number of hydrogen-bond donors (Lipinski definition) is 1. The van der Waals surface area contributed by atoms with E-state index in [-0.39, 0.29) is 5.56 Å².